The summed E-state index contributed by atoms with van der Waals surface area (Å²) < 4.78 is 5.96. The molecule has 2 amide bonds. The van der Waals surface area contributed by atoms with E-state index in [1.54, 1.807) is 0 Å². The number of amides is 2. The molecule has 0 bridgehead atoms. The average Bonchev–Trinajstić information content (AvgIpc) is 3.42. The molecule has 6 nitrogen and oxygen atoms in total. The second-order valence-corrected chi connectivity index (χ2v) is 7.89. The van der Waals surface area contributed by atoms with E-state index in [1.807, 2.05) is 43.4 Å². The number of nitrogens with zero attached hydrogens (tertiary/aromatic N) is 1. The van der Waals surface area contributed by atoms with Crippen LogP contribution in [0.5, 0.6) is 5.75 Å². The maximum Gasteiger partial charge on any atom is 0.323 e. The van der Waals surface area contributed by atoms with Gasteiger partial charge in [-0.25, -0.2) is 4.79 Å². The fraction of sp³-hybridized carbons (Fsp3) is 0.435. The van der Waals surface area contributed by atoms with E-state index in [0.717, 1.165) is 49.5 Å². The van der Waals surface area contributed by atoms with Crippen molar-refractivity contribution in [2.45, 2.75) is 44.2 Å². The standard InChI is InChI=1S/C23H30N4O2/c1-24-19-14-15-27(16-19)20-10-6-17(7-11-20)25-23(28)26-18-8-12-22(13-9-18)29-21-4-2-3-5-21/h6-13,19,21,24H,2-5,14-16H2,1H3,(H2,25,26,28). The number of hydrogen-bond acceptors (Lipinski definition) is 4. The molecular formula is C23H30N4O2. The quantitative estimate of drug-likeness (QED) is 0.677. The summed E-state index contributed by atoms with van der Waals surface area (Å²) in [6, 6.07) is 15.9. The molecule has 2 aromatic rings. The smallest absolute Gasteiger partial charge is 0.323 e. The van der Waals surface area contributed by atoms with Gasteiger partial charge < -0.3 is 25.6 Å². The number of carbonyl (C=O) groups is 1. The lowest BCUT2D eigenvalue weighted by Crippen LogP contribution is -2.29. The van der Waals surface area contributed by atoms with Crippen molar-refractivity contribution in [1.29, 1.82) is 0 Å². The number of hydrogen-bond donors (Lipinski definition) is 3. The predicted molar refractivity (Wildman–Crippen MR) is 118 cm³/mol. The number of urea groups is 1. The van der Waals surface area contributed by atoms with E-state index >= 15 is 0 Å². The van der Waals surface area contributed by atoms with Gasteiger partial charge in [0.25, 0.3) is 0 Å². The molecule has 2 fully saturated rings. The highest BCUT2D eigenvalue weighted by atomic mass is 16.5. The summed E-state index contributed by atoms with van der Waals surface area (Å²) in [4.78, 5) is 14.7. The lowest BCUT2D eigenvalue weighted by Gasteiger charge is -2.19. The minimum Gasteiger partial charge on any atom is -0.490 e. The monoisotopic (exact) mass is 394 g/mol. The van der Waals surface area contributed by atoms with Crippen molar-refractivity contribution in [3.05, 3.63) is 48.5 Å². The van der Waals surface area contributed by atoms with Crippen LogP contribution in [0.2, 0.25) is 0 Å². The molecule has 1 aliphatic carbocycles. The fourth-order valence-electron chi connectivity index (χ4n) is 4.09. The maximum absolute atomic E-state index is 12.3. The molecule has 1 saturated carbocycles. The minimum atomic E-state index is -0.251. The van der Waals surface area contributed by atoms with E-state index in [-0.39, 0.29) is 6.03 Å². The SMILES string of the molecule is CNC1CCN(c2ccc(NC(=O)Nc3ccc(OC4CCCC4)cc3)cc2)C1. The molecule has 6 heteroatoms. The molecule has 0 radical (unpaired) electrons. The summed E-state index contributed by atoms with van der Waals surface area (Å²) in [7, 11) is 2.01. The van der Waals surface area contributed by atoms with Crippen molar-refractivity contribution >= 4 is 23.1 Å². The molecule has 0 aromatic heterocycles. The summed E-state index contributed by atoms with van der Waals surface area (Å²) in [6.07, 6.45) is 6.26. The molecule has 4 rings (SSSR count). The van der Waals surface area contributed by atoms with E-state index < -0.39 is 0 Å². The third-order valence-electron chi connectivity index (χ3n) is 5.80. The summed E-state index contributed by atoms with van der Waals surface area (Å²) >= 11 is 0. The Labute approximate surface area is 172 Å². The second-order valence-electron chi connectivity index (χ2n) is 7.89. The van der Waals surface area contributed by atoms with Gasteiger partial charge >= 0.3 is 6.03 Å². The molecule has 1 aliphatic heterocycles. The average molecular weight is 395 g/mol. The Balaban J connectivity index is 1.27. The number of likely N-dealkylation sites (N-methyl/N-ethyl adjacent to an activating group) is 1. The van der Waals surface area contributed by atoms with Gasteiger partial charge in [0.15, 0.2) is 0 Å². The van der Waals surface area contributed by atoms with Crippen LogP contribution in [-0.4, -0.2) is 38.3 Å². The van der Waals surface area contributed by atoms with Gasteiger partial charge in [-0.3, -0.25) is 0 Å². The summed E-state index contributed by atoms with van der Waals surface area (Å²) in [6.45, 7) is 2.07. The third kappa shape index (κ3) is 5.21. The number of carbonyl (C=O) groups excluding carboxylic acids is 1. The van der Waals surface area contributed by atoms with Crippen molar-refractivity contribution in [3.8, 4) is 5.75 Å². The van der Waals surface area contributed by atoms with E-state index in [1.165, 1.54) is 18.5 Å². The second kappa shape index (κ2) is 9.18. The van der Waals surface area contributed by atoms with Crippen LogP contribution in [0.1, 0.15) is 32.1 Å². The van der Waals surface area contributed by atoms with Gasteiger partial charge in [0.05, 0.1) is 6.10 Å². The van der Waals surface area contributed by atoms with Gasteiger partial charge in [0.1, 0.15) is 5.75 Å². The molecule has 1 unspecified atom stereocenters. The highest BCUT2D eigenvalue weighted by Gasteiger charge is 2.21. The zero-order valence-electron chi connectivity index (χ0n) is 17.0. The summed E-state index contributed by atoms with van der Waals surface area (Å²) in [5.74, 6) is 0.862. The highest BCUT2D eigenvalue weighted by Crippen LogP contribution is 2.25. The van der Waals surface area contributed by atoms with Gasteiger partial charge in [0.2, 0.25) is 0 Å². The molecule has 29 heavy (non-hydrogen) atoms. The number of rotatable bonds is 6. The molecule has 3 N–H and O–H groups in total. The van der Waals surface area contributed by atoms with Crippen molar-refractivity contribution in [2.24, 2.45) is 0 Å². The van der Waals surface area contributed by atoms with Crippen LogP contribution < -0.4 is 25.6 Å². The first-order valence-electron chi connectivity index (χ1n) is 10.6. The van der Waals surface area contributed by atoms with Crippen molar-refractivity contribution in [2.75, 3.05) is 35.7 Å². The number of nitrogens with one attached hydrogen (secondary N) is 3. The van der Waals surface area contributed by atoms with Crippen LogP contribution in [0.3, 0.4) is 0 Å². The van der Waals surface area contributed by atoms with Crippen molar-refractivity contribution in [3.63, 3.8) is 0 Å². The highest BCUT2D eigenvalue weighted by molar-refractivity contribution is 5.99. The number of benzene rings is 2. The van der Waals surface area contributed by atoms with Crippen molar-refractivity contribution < 1.29 is 9.53 Å². The first kappa shape index (κ1) is 19.6. The van der Waals surface area contributed by atoms with Gasteiger partial charge in [0, 0.05) is 36.2 Å². The van der Waals surface area contributed by atoms with E-state index in [2.05, 4.69) is 33.0 Å². The van der Waals surface area contributed by atoms with Crippen molar-refractivity contribution in [1.82, 2.24) is 5.32 Å². The fourth-order valence-corrected chi connectivity index (χ4v) is 4.09. The normalized spacial score (nSPS) is 19.3. The van der Waals surface area contributed by atoms with Crippen LogP contribution in [-0.2, 0) is 0 Å². The van der Waals surface area contributed by atoms with Crippen LogP contribution in [0.4, 0.5) is 21.9 Å². The van der Waals surface area contributed by atoms with Gasteiger partial charge in [-0.05, 0) is 87.7 Å². The molecular weight excluding hydrogens is 364 g/mol. The molecule has 154 valence electrons. The first-order chi connectivity index (χ1) is 14.2. The lowest BCUT2D eigenvalue weighted by molar-refractivity contribution is 0.210. The number of ether oxygens (including phenoxy) is 1. The Morgan fingerprint density at radius 3 is 2.14 bits per heavy atom. The zero-order chi connectivity index (χ0) is 20.1. The summed E-state index contributed by atoms with van der Waals surface area (Å²) in [5, 5.41) is 9.09. The molecule has 1 saturated heterocycles. The largest absolute Gasteiger partial charge is 0.490 e. The summed E-state index contributed by atoms with van der Waals surface area (Å²) in [5.41, 5.74) is 2.71. The van der Waals surface area contributed by atoms with Crippen LogP contribution >= 0.6 is 0 Å². The Kier molecular flexibility index (Phi) is 6.20. The van der Waals surface area contributed by atoms with Gasteiger partial charge in [-0.1, -0.05) is 0 Å². The molecule has 1 atom stereocenters. The van der Waals surface area contributed by atoms with Gasteiger partial charge in [-0.2, -0.15) is 0 Å². The Morgan fingerprint density at radius 1 is 0.931 bits per heavy atom. The maximum atomic E-state index is 12.3. The van der Waals surface area contributed by atoms with Crippen LogP contribution in [0, 0.1) is 0 Å². The number of anilines is 3. The Bertz CT molecular complexity index is 801. The van der Waals surface area contributed by atoms with Gasteiger partial charge in [-0.15, -0.1) is 0 Å². The zero-order valence-corrected chi connectivity index (χ0v) is 17.0. The van der Waals surface area contributed by atoms with E-state index in [4.69, 9.17) is 4.74 Å². The lowest BCUT2D eigenvalue weighted by atomic mass is 10.2. The minimum absolute atomic E-state index is 0.251. The molecule has 2 aliphatic rings. The van der Waals surface area contributed by atoms with E-state index in [9.17, 15) is 4.79 Å². The van der Waals surface area contributed by atoms with Crippen LogP contribution in [0.25, 0.3) is 0 Å². The van der Waals surface area contributed by atoms with E-state index in [0.29, 0.717) is 12.1 Å². The molecule has 1 heterocycles. The molecule has 0 spiro atoms. The first-order valence-corrected chi connectivity index (χ1v) is 10.6. The Morgan fingerprint density at radius 2 is 1.55 bits per heavy atom. The topological polar surface area (TPSA) is 65.6 Å². The van der Waals surface area contributed by atoms with Crippen LogP contribution in [0.15, 0.2) is 48.5 Å². The Hall–Kier alpha value is -2.73. The predicted octanol–water partition coefficient (Wildman–Crippen LogP) is 4.45. The molecule has 2 aromatic carbocycles. The third-order valence-corrected chi connectivity index (χ3v) is 5.80.